The van der Waals surface area contributed by atoms with Crippen molar-refractivity contribution in [1.82, 2.24) is 0 Å². The van der Waals surface area contributed by atoms with Crippen molar-refractivity contribution in [3.63, 3.8) is 0 Å². The third-order valence-electron chi connectivity index (χ3n) is 2.87. The fraction of sp³-hybridized carbons (Fsp3) is 0.455. The van der Waals surface area contributed by atoms with Gasteiger partial charge in [0.2, 0.25) is 0 Å². The van der Waals surface area contributed by atoms with Crippen LogP contribution in [0, 0.1) is 5.92 Å². The Morgan fingerprint density at radius 2 is 1.87 bits per heavy atom. The first-order valence-electron chi connectivity index (χ1n) is 4.80. The second-order valence-corrected chi connectivity index (χ2v) is 6.18. The average molecular weight is 265 g/mol. The summed E-state index contributed by atoms with van der Waals surface area (Å²) in [6.45, 7) is 0. The van der Waals surface area contributed by atoms with Gasteiger partial charge in [-0.1, -0.05) is 59.1 Å². The van der Waals surface area contributed by atoms with Crippen LogP contribution in [0.15, 0.2) is 24.3 Å². The summed E-state index contributed by atoms with van der Waals surface area (Å²) in [7, 11) is 0. The molecule has 0 saturated heterocycles. The maximum Gasteiger partial charge on any atom is 0.196 e. The van der Waals surface area contributed by atoms with Crippen LogP contribution in [0.2, 0.25) is 0 Å². The highest BCUT2D eigenvalue weighted by atomic mass is 35.6. The van der Waals surface area contributed by atoms with E-state index in [1.54, 1.807) is 0 Å². The van der Waals surface area contributed by atoms with E-state index in [2.05, 4.69) is 0 Å². The lowest BCUT2D eigenvalue weighted by Gasteiger charge is -2.32. The molecular weight excluding hydrogens is 254 g/mol. The van der Waals surface area contributed by atoms with E-state index in [9.17, 15) is 5.11 Å². The van der Waals surface area contributed by atoms with Gasteiger partial charge in [0.1, 0.15) is 6.10 Å². The summed E-state index contributed by atoms with van der Waals surface area (Å²) in [6, 6.07) is 7.58. The SMILES string of the molecule is [O]C1c2ccccc2CCC1C(Cl)(Cl)Cl. The number of fused-ring (bicyclic) bond motifs is 1. The van der Waals surface area contributed by atoms with E-state index in [4.69, 9.17) is 34.8 Å². The van der Waals surface area contributed by atoms with Gasteiger partial charge < -0.3 is 0 Å². The van der Waals surface area contributed by atoms with Gasteiger partial charge in [0, 0.05) is 5.92 Å². The van der Waals surface area contributed by atoms with Gasteiger partial charge in [-0.15, -0.1) is 0 Å². The molecule has 81 valence electrons. The second-order valence-electron chi connectivity index (χ2n) is 3.81. The van der Waals surface area contributed by atoms with Crippen molar-refractivity contribution >= 4 is 34.8 Å². The predicted molar refractivity (Wildman–Crippen MR) is 62.0 cm³/mol. The summed E-state index contributed by atoms with van der Waals surface area (Å²) in [6.07, 6.45) is 0.525. The number of halogens is 3. The van der Waals surface area contributed by atoms with Crippen molar-refractivity contribution in [2.45, 2.75) is 22.7 Å². The topological polar surface area (TPSA) is 19.9 Å². The van der Waals surface area contributed by atoms with E-state index < -0.39 is 15.8 Å². The standard InChI is InChI=1S/C11H10Cl3O/c12-11(13,14)9-6-5-7-3-1-2-4-8(7)10(9)15/h1-4,9-10H,5-6H2. The lowest BCUT2D eigenvalue weighted by atomic mass is 9.82. The fourth-order valence-electron chi connectivity index (χ4n) is 2.05. The minimum atomic E-state index is -1.46. The third kappa shape index (κ3) is 2.26. The van der Waals surface area contributed by atoms with E-state index >= 15 is 0 Å². The van der Waals surface area contributed by atoms with Crippen LogP contribution in [0.5, 0.6) is 0 Å². The van der Waals surface area contributed by atoms with Crippen LogP contribution in [-0.2, 0) is 11.5 Å². The second kappa shape index (κ2) is 4.14. The molecule has 1 nitrogen and oxygen atoms in total. The molecule has 2 rings (SSSR count). The van der Waals surface area contributed by atoms with Crippen molar-refractivity contribution in [2.75, 3.05) is 0 Å². The highest BCUT2D eigenvalue weighted by molar-refractivity contribution is 6.67. The molecule has 1 aromatic rings. The van der Waals surface area contributed by atoms with Crippen LogP contribution in [0.25, 0.3) is 0 Å². The van der Waals surface area contributed by atoms with Gasteiger partial charge in [-0.2, -0.15) is 0 Å². The molecule has 0 heterocycles. The highest BCUT2D eigenvalue weighted by Gasteiger charge is 2.42. The largest absolute Gasteiger partial charge is 0.227 e. The molecule has 1 aliphatic rings. The quantitative estimate of drug-likeness (QED) is 0.629. The van der Waals surface area contributed by atoms with Gasteiger partial charge in [-0.05, 0) is 24.0 Å². The number of aryl methyl sites for hydroxylation is 1. The van der Waals surface area contributed by atoms with Crippen molar-refractivity contribution in [2.24, 2.45) is 5.92 Å². The number of hydrogen-bond donors (Lipinski definition) is 0. The summed E-state index contributed by atoms with van der Waals surface area (Å²) < 4.78 is -1.46. The fourth-order valence-corrected chi connectivity index (χ4v) is 2.72. The number of rotatable bonds is 0. The van der Waals surface area contributed by atoms with Gasteiger partial charge in [0.25, 0.3) is 0 Å². The van der Waals surface area contributed by atoms with Gasteiger partial charge in [-0.3, -0.25) is 0 Å². The zero-order valence-corrected chi connectivity index (χ0v) is 10.2. The number of alkyl halides is 3. The summed E-state index contributed by atoms with van der Waals surface area (Å²) in [4.78, 5) is 0. The van der Waals surface area contributed by atoms with Crippen LogP contribution in [0.1, 0.15) is 23.7 Å². The van der Waals surface area contributed by atoms with Gasteiger partial charge >= 0.3 is 0 Å². The van der Waals surface area contributed by atoms with Crippen LogP contribution in [-0.4, -0.2) is 3.79 Å². The first-order valence-corrected chi connectivity index (χ1v) is 5.94. The molecule has 0 fully saturated rings. The zero-order valence-electron chi connectivity index (χ0n) is 7.92. The molecule has 0 amide bonds. The highest BCUT2D eigenvalue weighted by Crippen LogP contribution is 2.47. The van der Waals surface area contributed by atoms with Crippen LogP contribution in [0.3, 0.4) is 0 Å². The van der Waals surface area contributed by atoms with E-state index in [0.717, 1.165) is 17.5 Å². The van der Waals surface area contributed by atoms with E-state index in [0.29, 0.717) is 6.42 Å². The van der Waals surface area contributed by atoms with E-state index in [1.807, 2.05) is 24.3 Å². The Morgan fingerprint density at radius 1 is 1.20 bits per heavy atom. The molecule has 0 bridgehead atoms. The van der Waals surface area contributed by atoms with Crippen molar-refractivity contribution in [3.05, 3.63) is 35.4 Å². The van der Waals surface area contributed by atoms with Crippen molar-refractivity contribution in [3.8, 4) is 0 Å². The minimum Gasteiger partial charge on any atom is -0.227 e. The first kappa shape index (κ1) is 11.5. The first-order chi connectivity index (χ1) is 7.00. The molecule has 0 aliphatic heterocycles. The Balaban J connectivity index is 2.34. The Labute approximate surface area is 104 Å². The van der Waals surface area contributed by atoms with Crippen LogP contribution >= 0.6 is 34.8 Å². The summed E-state index contributed by atoms with van der Waals surface area (Å²) in [5, 5.41) is 12.1. The van der Waals surface area contributed by atoms with E-state index in [-0.39, 0.29) is 0 Å². The molecule has 15 heavy (non-hydrogen) atoms. The third-order valence-corrected chi connectivity index (χ3v) is 3.71. The maximum atomic E-state index is 12.1. The normalized spacial score (nSPS) is 26.1. The monoisotopic (exact) mass is 263 g/mol. The smallest absolute Gasteiger partial charge is 0.196 e. The molecule has 4 heteroatoms. The summed E-state index contributed by atoms with van der Waals surface area (Å²) >= 11 is 17.4. The Morgan fingerprint density at radius 3 is 2.53 bits per heavy atom. The average Bonchev–Trinajstić information content (AvgIpc) is 2.16. The Kier molecular flexibility index (Phi) is 3.18. The molecule has 1 radical (unpaired) electrons. The maximum absolute atomic E-state index is 12.1. The van der Waals surface area contributed by atoms with Gasteiger partial charge in [0.05, 0.1) is 0 Å². The molecule has 2 unspecified atom stereocenters. The molecule has 1 aliphatic carbocycles. The number of hydrogen-bond acceptors (Lipinski definition) is 0. The Bertz CT molecular complexity index is 359. The molecule has 1 aromatic carbocycles. The van der Waals surface area contributed by atoms with Gasteiger partial charge in [-0.25, -0.2) is 5.11 Å². The minimum absolute atomic E-state index is 0.433. The lowest BCUT2D eigenvalue weighted by molar-refractivity contribution is 0.0260. The zero-order chi connectivity index (χ0) is 11.1. The van der Waals surface area contributed by atoms with Crippen molar-refractivity contribution in [1.29, 1.82) is 0 Å². The van der Waals surface area contributed by atoms with E-state index in [1.165, 1.54) is 0 Å². The molecule has 0 saturated carbocycles. The predicted octanol–water partition coefficient (Wildman–Crippen LogP) is 4.09. The van der Waals surface area contributed by atoms with Crippen LogP contribution < -0.4 is 0 Å². The lowest BCUT2D eigenvalue weighted by Crippen LogP contribution is -2.30. The number of benzene rings is 1. The van der Waals surface area contributed by atoms with Crippen molar-refractivity contribution < 1.29 is 5.11 Å². The molecule has 0 spiro atoms. The molecular formula is C11H10Cl3O. The summed E-state index contributed by atoms with van der Waals surface area (Å²) in [5.41, 5.74) is 1.86. The molecule has 2 atom stereocenters. The summed E-state index contributed by atoms with van der Waals surface area (Å²) in [5.74, 6) is -0.433. The Hall–Kier alpha value is 0.0500. The molecule has 0 N–H and O–H groups in total. The van der Waals surface area contributed by atoms with Gasteiger partial charge in [0.15, 0.2) is 3.79 Å². The molecule has 0 aromatic heterocycles. The van der Waals surface area contributed by atoms with Crippen LogP contribution in [0.4, 0.5) is 0 Å².